The third-order valence-corrected chi connectivity index (χ3v) is 8.48. The van der Waals surface area contributed by atoms with Gasteiger partial charge in [-0.05, 0) is 76.1 Å². The Kier molecular flexibility index (Phi) is 7.76. The Labute approximate surface area is 214 Å². The van der Waals surface area contributed by atoms with Crippen LogP contribution in [-0.4, -0.2) is 52.4 Å². The van der Waals surface area contributed by atoms with Crippen molar-refractivity contribution >= 4 is 28.1 Å². The first-order valence-corrected chi connectivity index (χ1v) is 13.6. The molecule has 1 unspecified atom stereocenters. The Hall–Kier alpha value is -2.65. The van der Waals surface area contributed by atoms with E-state index >= 15 is 0 Å². The molecule has 2 aliphatic rings. The molecular weight excluding hydrogens is 482 g/mol. The summed E-state index contributed by atoms with van der Waals surface area (Å²) in [7, 11) is 0. The maximum absolute atomic E-state index is 13.0. The molecule has 2 aromatic heterocycles. The number of nitrogens with zero attached hydrogens (tertiary/aromatic N) is 3. The van der Waals surface area contributed by atoms with Crippen molar-refractivity contribution in [3.05, 3.63) is 52.7 Å². The van der Waals surface area contributed by atoms with Crippen molar-refractivity contribution in [3.8, 4) is 5.19 Å². The molecule has 5 rings (SSSR count). The van der Waals surface area contributed by atoms with E-state index in [0.29, 0.717) is 22.7 Å². The lowest BCUT2D eigenvalue weighted by molar-refractivity contribution is 0.0814. The van der Waals surface area contributed by atoms with Gasteiger partial charge in [-0.25, -0.2) is 13.8 Å². The van der Waals surface area contributed by atoms with E-state index in [9.17, 15) is 13.6 Å². The summed E-state index contributed by atoms with van der Waals surface area (Å²) in [6, 6.07) is 10.1. The summed E-state index contributed by atoms with van der Waals surface area (Å²) in [5.74, 6) is 0.629. The monoisotopic (exact) mass is 514 g/mol. The SMILES string of the molecule is CC1Cc2sc(OCC(F)F)nc2CN1CC[C@H]1CC[C@H](NC(=O)c2cccc3ncccc23)CC1. The van der Waals surface area contributed by atoms with Crippen molar-refractivity contribution in [1.82, 2.24) is 20.2 Å². The van der Waals surface area contributed by atoms with E-state index in [2.05, 4.69) is 27.1 Å². The minimum Gasteiger partial charge on any atom is -0.464 e. The molecule has 6 nitrogen and oxygen atoms in total. The van der Waals surface area contributed by atoms with Crippen LogP contribution in [0.2, 0.25) is 0 Å². The molecule has 36 heavy (non-hydrogen) atoms. The predicted octanol–water partition coefficient (Wildman–Crippen LogP) is 5.46. The number of nitrogens with one attached hydrogen (secondary N) is 1. The predicted molar refractivity (Wildman–Crippen MR) is 137 cm³/mol. The highest BCUT2D eigenvalue weighted by Gasteiger charge is 2.29. The summed E-state index contributed by atoms with van der Waals surface area (Å²) in [4.78, 5) is 25.4. The number of rotatable bonds is 8. The largest absolute Gasteiger partial charge is 0.464 e. The zero-order valence-corrected chi connectivity index (χ0v) is 21.3. The van der Waals surface area contributed by atoms with Crippen molar-refractivity contribution in [2.75, 3.05) is 13.2 Å². The second-order valence-electron chi connectivity index (χ2n) is 9.93. The fourth-order valence-electron chi connectivity index (χ4n) is 5.39. The van der Waals surface area contributed by atoms with Crippen LogP contribution in [0.25, 0.3) is 10.9 Å². The second-order valence-corrected chi connectivity index (χ2v) is 11.0. The molecule has 192 valence electrons. The van der Waals surface area contributed by atoms with E-state index in [1.807, 2.05) is 30.3 Å². The molecule has 1 fully saturated rings. The number of ether oxygens (including phenoxy) is 1. The number of aromatic nitrogens is 2. The van der Waals surface area contributed by atoms with E-state index in [1.54, 1.807) is 6.20 Å². The minimum absolute atomic E-state index is 0.0184. The lowest BCUT2D eigenvalue weighted by Gasteiger charge is -2.35. The number of alkyl halides is 2. The highest BCUT2D eigenvalue weighted by atomic mass is 32.1. The molecule has 3 heterocycles. The van der Waals surface area contributed by atoms with Gasteiger partial charge in [-0.1, -0.05) is 23.5 Å². The third-order valence-electron chi connectivity index (χ3n) is 7.45. The Balaban J connectivity index is 1.09. The number of carbonyl (C=O) groups excluding carboxylic acids is 1. The number of thiazole rings is 1. The quantitative estimate of drug-likeness (QED) is 0.432. The van der Waals surface area contributed by atoms with Gasteiger partial charge in [-0.15, -0.1) is 0 Å². The van der Waals surface area contributed by atoms with E-state index in [-0.39, 0.29) is 11.9 Å². The summed E-state index contributed by atoms with van der Waals surface area (Å²) in [5, 5.41) is 4.49. The average molecular weight is 515 g/mol. The van der Waals surface area contributed by atoms with Crippen LogP contribution in [-0.2, 0) is 13.0 Å². The second kappa shape index (κ2) is 11.2. The summed E-state index contributed by atoms with van der Waals surface area (Å²) in [6.07, 6.45) is 5.47. The molecule has 0 radical (unpaired) electrons. The number of hydrogen-bond donors (Lipinski definition) is 1. The first-order valence-electron chi connectivity index (χ1n) is 12.7. The normalized spacial score (nSPS) is 22.5. The summed E-state index contributed by atoms with van der Waals surface area (Å²) in [6.45, 7) is 3.36. The molecule has 9 heteroatoms. The molecule has 1 amide bonds. The van der Waals surface area contributed by atoms with Gasteiger partial charge in [-0.3, -0.25) is 14.7 Å². The highest BCUT2D eigenvalue weighted by molar-refractivity contribution is 7.13. The van der Waals surface area contributed by atoms with Gasteiger partial charge in [0.05, 0.1) is 11.2 Å². The van der Waals surface area contributed by atoms with E-state index in [0.717, 1.165) is 73.1 Å². The van der Waals surface area contributed by atoms with Crippen molar-refractivity contribution in [2.24, 2.45) is 5.92 Å². The van der Waals surface area contributed by atoms with Crippen LogP contribution >= 0.6 is 11.3 Å². The van der Waals surface area contributed by atoms with Gasteiger partial charge in [0, 0.05) is 40.7 Å². The topological polar surface area (TPSA) is 67.3 Å². The molecule has 1 saturated carbocycles. The lowest BCUT2D eigenvalue weighted by Crippen LogP contribution is -2.40. The smallest absolute Gasteiger partial charge is 0.273 e. The van der Waals surface area contributed by atoms with Crippen LogP contribution in [0, 0.1) is 5.92 Å². The van der Waals surface area contributed by atoms with Gasteiger partial charge >= 0.3 is 0 Å². The van der Waals surface area contributed by atoms with Crippen molar-refractivity contribution in [2.45, 2.75) is 70.5 Å². The van der Waals surface area contributed by atoms with Gasteiger partial charge < -0.3 is 10.1 Å². The summed E-state index contributed by atoms with van der Waals surface area (Å²) < 4.78 is 30.0. The molecule has 1 aromatic carbocycles. The zero-order chi connectivity index (χ0) is 25.1. The fraction of sp³-hybridized carbons (Fsp3) is 0.519. The lowest BCUT2D eigenvalue weighted by atomic mass is 9.83. The van der Waals surface area contributed by atoms with Crippen LogP contribution in [0.4, 0.5) is 8.78 Å². The Morgan fingerprint density at radius 1 is 1.22 bits per heavy atom. The molecule has 0 spiro atoms. The van der Waals surface area contributed by atoms with Gasteiger partial charge in [0.1, 0.15) is 0 Å². The average Bonchev–Trinajstić information content (AvgIpc) is 3.28. The van der Waals surface area contributed by atoms with Crippen LogP contribution < -0.4 is 10.1 Å². The Morgan fingerprint density at radius 3 is 2.86 bits per heavy atom. The molecule has 3 aromatic rings. The third kappa shape index (κ3) is 5.83. The van der Waals surface area contributed by atoms with E-state index < -0.39 is 13.0 Å². The van der Waals surface area contributed by atoms with E-state index in [1.165, 1.54) is 11.3 Å². The standard InChI is InChI=1S/C27H32F2N4O2S/c1-17-14-24-23(32-27(36-24)35-16-25(28)29)15-33(17)13-11-18-7-9-19(10-8-18)31-26(34)21-4-2-6-22-20(21)5-3-12-30-22/h2-6,12,17-19,25H,7-11,13-16H2,1H3,(H,31,34)/t17?,18-,19-. The van der Waals surface area contributed by atoms with Crippen molar-refractivity contribution in [1.29, 1.82) is 0 Å². The number of hydrogen-bond acceptors (Lipinski definition) is 6. The van der Waals surface area contributed by atoms with Crippen LogP contribution in [0.3, 0.4) is 0 Å². The molecular formula is C27H32F2N4O2S. The molecule has 1 aliphatic carbocycles. The number of pyridine rings is 1. The Morgan fingerprint density at radius 2 is 2.06 bits per heavy atom. The van der Waals surface area contributed by atoms with Crippen LogP contribution in [0.1, 0.15) is 60.0 Å². The maximum atomic E-state index is 13.0. The van der Waals surface area contributed by atoms with Crippen molar-refractivity contribution in [3.63, 3.8) is 0 Å². The number of halogens is 2. The maximum Gasteiger partial charge on any atom is 0.273 e. The molecule has 1 N–H and O–H groups in total. The fourth-order valence-corrected chi connectivity index (χ4v) is 6.44. The van der Waals surface area contributed by atoms with Gasteiger partial charge in [0.2, 0.25) is 0 Å². The van der Waals surface area contributed by atoms with Gasteiger partial charge in [0.25, 0.3) is 17.5 Å². The number of benzene rings is 1. The Bertz CT molecular complexity index is 1190. The van der Waals surface area contributed by atoms with Crippen LogP contribution in [0.5, 0.6) is 5.19 Å². The van der Waals surface area contributed by atoms with Gasteiger partial charge in [-0.2, -0.15) is 0 Å². The minimum atomic E-state index is -2.49. The first-order chi connectivity index (χ1) is 17.5. The number of fused-ring (bicyclic) bond motifs is 2. The van der Waals surface area contributed by atoms with Crippen LogP contribution in [0.15, 0.2) is 36.5 Å². The number of amides is 1. The van der Waals surface area contributed by atoms with Crippen molar-refractivity contribution < 1.29 is 18.3 Å². The van der Waals surface area contributed by atoms with Gasteiger partial charge in [0.15, 0.2) is 6.61 Å². The molecule has 0 bridgehead atoms. The molecule has 1 aliphatic heterocycles. The summed E-state index contributed by atoms with van der Waals surface area (Å²) >= 11 is 1.40. The first kappa shape index (κ1) is 25.0. The summed E-state index contributed by atoms with van der Waals surface area (Å²) in [5.41, 5.74) is 2.49. The number of carbonyl (C=O) groups is 1. The highest BCUT2D eigenvalue weighted by Crippen LogP contribution is 2.34. The molecule has 0 saturated heterocycles. The molecule has 1 atom stereocenters. The van der Waals surface area contributed by atoms with E-state index in [4.69, 9.17) is 4.74 Å². The zero-order valence-electron chi connectivity index (χ0n) is 20.5.